The maximum atomic E-state index is 11.6. The molecule has 0 radical (unpaired) electrons. The lowest BCUT2D eigenvalue weighted by Crippen LogP contribution is -2.19. The summed E-state index contributed by atoms with van der Waals surface area (Å²) < 4.78 is 0. The molecule has 8 nitrogen and oxygen atoms in total. The fourth-order valence-corrected chi connectivity index (χ4v) is 1.54. The Bertz CT molecular complexity index is 705. The van der Waals surface area contributed by atoms with E-state index in [0.29, 0.717) is 5.56 Å². The van der Waals surface area contributed by atoms with Crippen LogP contribution in [0.5, 0.6) is 0 Å². The molecule has 0 aliphatic rings. The van der Waals surface area contributed by atoms with Gasteiger partial charge < -0.3 is 0 Å². The highest BCUT2D eigenvalue weighted by Crippen LogP contribution is 2.20. The number of nitrogens with zero attached hydrogens (tertiary/aromatic N) is 4. The van der Waals surface area contributed by atoms with Crippen LogP contribution in [-0.4, -0.2) is 27.0 Å². The minimum atomic E-state index is -0.555. The number of aromatic nitrogens is 2. The Hall–Kier alpha value is -2.87. The van der Waals surface area contributed by atoms with Gasteiger partial charge in [0.1, 0.15) is 5.69 Å². The maximum Gasteiger partial charge on any atom is 0.291 e. The number of halogens is 1. The number of rotatable bonds is 4. The monoisotopic (exact) mass is 305 g/mol. The number of hydrogen-bond donors (Lipinski definition) is 1. The summed E-state index contributed by atoms with van der Waals surface area (Å²) in [5.41, 5.74) is 2.51. The zero-order valence-electron chi connectivity index (χ0n) is 10.4. The van der Waals surface area contributed by atoms with Crippen molar-refractivity contribution in [1.29, 1.82) is 0 Å². The molecule has 1 amide bonds. The molecule has 21 heavy (non-hydrogen) atoms. The van der Waals surface area contributed by atoms with E-state index in [9.17, 15) is 14.9 Å². The molecule has 0 bridgehead atoms. The number of amides is 1. The lowest BCUT2D eigenvalue weighted by atomic mass is 10.2. The molecular weight excluding hydrogens is 298 g/mol. The molecule has 0 aliphatic carbocycles. The van der Waals surface area contributed by atoms with Crippen molar-refractivity contribution in [2.45, 2.75) is 0 Å². The van der Waals surface area contributed by atoms with Crippen molar-refractivity contribution in [1.82, 2.24) is 15.4 Å². The summed E-state index contributed by atoms with van der Waals surface area (Å²) in [6.07, 6.45) is 5.30. The third-order valence-electron chi connectivity index (χ3n) is 2.36. The molecule has 2 aromatic rings. The van der Waals surface area contributed by atoms with Crippen LogP contribution in [0.25, 0.3) is 0 Å². The first-order chi connectivity index (χ1) is 10.1. The first kappa shape index (κ1) is 14.5. The van der Waals surface area contributed by atoms with Gasteiger partial charge in [-0.15, -0.1) is 0 Å². The van der Waals surface area contributed by atoms with Gasteiger partial charge in [0.2, 0.25) is 0 Å². The summed E-state index contributed by atoms with van der Waals surface area (Å²) >= 11 is 5.88. The predicted octanol–water partition coefficient (Wildman–Crippen LogP) is 1.80. The minimum Gasteiger partial charge on any atom is -0.265 e. The predicted molar refractivity (Wildman–Crippen MR) is 75.2 cm³/mol. The number of benzene rings is 1. The highest BCUT2D eigenvalue weighted by atomic mass is 35.5. The Morgan fingerprint density at radius 3 is 2.90 bits per heavy atom. The molecule has 0 fully saturated rings. The van der Waals surface area contributed by atoms with Crippen LogP contribution in [0.4, 0.5) is 5.69 Å². The molecule has 0 saturated carbocycles. The van der Waals surface area contributed by atoms with Crippen molar-refractivity contribution in [2.24, 2.45) is 5.10 Å². The van der Waals surface area contributed by atoms with Crippen LogP contribution in [0.2, 0.25) is 5.02 Å². The fourth-order valence-electron chi connectivity index (χ4n) is 1.38. The maximum absolute atomic E-state index is 11.6. The molecule has 0 unspecified atom stereocenters. The van der Waals surface area contributed by atoms with Crippen molar-refractivity contribution in [3.63, 3.8) is 0 Å². The van der Waals surface area contributed by atoms with Crippen LogP contribution in [0.3, 0.4) is 0 Å². The Labute approximate surface area is 123 Å². The smallest absolute Gasteiger partial charge is 0.265 e. The number of hydrazone groups is 1. The van der Waals surface area contributed by atoms with E-state index >= 15 is 0 Å². The molecule has 9 heteroatoms. The molecule has 0 saturated heterocycles. The number of hydrogen-bond acceptors (Lipinski definition) is 6. The molecule has 106 valence electrons. The van der Waals surface area contributed by atoms with Crippen LogP contribution >= 0.6 is 11.6 Å². The van der Waals surface area contributed by atoms with Gasteiger partial charge in [0.05, 0.1) is 17.3 Å². The van der Waals surface area contributed by atoms with Crippen molar-refractivity contribution in [2.75, 3.05) is 0 Å². The van der Waals surface area contributed by atoms with Crippen LogP contribution in [0.1, 0.15) is 16.1 Å². The van der Waals surface area contributed by atoms with E-state index in [1.54, 1.807) is 0 Å². The summed E-state index contributed by atoms with van der Waals surface area (Å²) in [4.78, 5) is 29.3. The van der Waals surface area contributed by atoms with Crippen molar-refractivity contribution in [3.05, 3.63) is 63.2 Å². The quantitative estimate of drug-likeness (QED) is 0.526. The molecule has 1 N–H and O–H groups in total. The summed E-state index contributed by atoms with van der Waals surface area (Å²) in [6, 6.07) is 3.91. The van der Waals surface area contributed by atoms with E-state index in [2.05, 4.69) is 20.5 Å². The number of carbonyl (C=O) groups excluding carboxylic acids is 1. The lowest BCUT2D eigenvalue weighted by Gasteiger charge is -1.99. The number of non-ortho nitro benzene ring substituents is 1. The van der Waals surface area contributed by atoms with E-state index in [-0.39, 0.29) is 16.4 Å². The van der Waals surface area contributed by atoms with Crippen LogP contribution < -0.4 is 5.43 Å². The summed E-state index contributed by atoms with van der Waals surface area (Å²) in [5, 5.41) is 14.6. The Morgan fingerprint density at radius 1 is 1.43 bits per heavy atom. The molecular formula is C12H8ClN5O3. The number of nitrogens with one attached hydrogen (secondary N) is 1. The van der Waals surface area contributed by atoms with E-state index in [1.165, 1.54) is 43.0 Å². The highest BCUT2D eigenvalue weighted by molar-refractivity contribution is 6.33. The number of nitro benzene ring substituents is 1. The normalized spacial score (nSPS) is 10.5. The molecule has 0 spiro atoms. The second-order valence-electron chi connectivity index (χ2n) is 3.75. The van der Waals surface area contributed by atoms with Gasteiger partial charge in [0.25, 0.3) is 11.6 Å². The number of carbonyl (C=O) groups is 1. The third kappa shape index (κ3) is 3.80. The Kier molecular flexibility index (Phi) is 4.52. The third-order valence-corrected chi connectivity index (χ3v) is 2.70. The van der Waals surface area contributed by atoms with Crippen LogP contribution in [0.15, 0.2) is 41.9 Å². The van der Waals surface area contributed by atoms with Gasteiger partial charge in [0, 0.05) is 35.1 Å². The Morgan fingerprint density at radius 2 is 2.24 bits per heavy atom. The second-order valence-corrected chi connectivity index (χ2v) is 4.16. The standard InChI is InChI=1S/C12H8ClN5O3/c13-10-2-1-9(18(20)21)5-8(10)6-16-17-12(19)11-7-14-3-4-15-11/h1-7H,(H,17,19)/b16-6+. The summed E-state index contributed by atoms with van der Waals surface area (Å²) in [5.74, 6) is -0.555. The molecule has 0 aliphatic heterocycles. The summed E-state index contributed by atoms with van der Waals surface area (Å²) in [7, 11) is 0. The zero-order valence-corrected chi connectivity index (χ0v) is 11.2. The molecule has 1 heterocycles. The average molecular weight is 306 g/mol. The molecule has 1 aromatic carbocycles. The summed E-state index contributed by atoms with van der Waals surface area (Å²) in [6.45, 7) is 0. The topological polar surface area (TPSA) is 110 Å². The van der Waals surface area contributed by atoms with Gasteiger partial charge in [-0.05, 0) is 6.07 Å². The highest BCUT2D eigenvalue weighted by Gasteiger charge is 2.09. The number of nitro groups is 1. The fraction of sp³-hybridized carbons (Fsp3) is 0. The second kappa shape index (κ2) is 6.53. The van der Waals surface area contributed by atoms with Crippen molar-refractivity contribution in [3.8, 4) is 0 Å². The van der Waals surface area contributed by atoms with E-state index < -0.39 is 10.8 Å². The van der Waals surface area contributed by atoms with Gasteiger partial charge in [-0.1, -0.05) is 11.6 Å². The van der Waals surface area contributed by atoms with Crippen molar-refractivity contribution >= 4 is 29.4 Å². The van der Waals surface area contributed by atoms with Gasteiger partial charge in [-0.25, -0.2) is 10.4 Å². The largest absolute Gasteiger partial charge is 0.291 e. The molecule has 1 aromatic heterocycles. The van der Waals surface area contributed by atoms with Crippen LogP contribution in [-0.2, 0) is 0 Å². The molecule has 2 rings (SSSR count). The van der Waals surface area contributed by atoms with E-state index in [0.717, 1.165) is 0 Å². The first-order valence-corrected chi connectivity index (χ1v) is 5.99. The van der Waals surface area contributed by atoms with Gasteiger partial charge >= 0.3 is 0 Å². The van der Waals surface area contributed by atoms with E-state index in [4.69, 9.17) is 11.6 Å². The Balaban J connectivity index is 2.10. The van der Waals surface area contributed by atoms with Crippen LogP contribution in [0, 0.1) is 10.1 Å². The molecule has 0 atom stereocenters. The van der Waals surface area contributed by atoms with E-state index in [1.807, 2.05) is 0 Å². The zero-order chi connectivity index (χ0) is 15.2. The lowest BCUT2D eigenvalue weighted by molar-refractivity contribution is -0.384. The average Bonchev–Trinajstić information content (AvgIpc) is 2.49. The first-order valence-electron chi connectivity index (χ1n) is 5.61. The van der Waals surface area contributed by atoms with Gasteiger partial charge in [-0.2, -0.15) is 5.10 Å². The van der Waals surface area contributed by atoms with Crippen molar-refractivity contribution < 1.29 is 9.72 Å². The van der Waals surface area contributed by atoms with Gasteiger partial charge in [0.15, 0.2) is 0 Å². The SMILES string of the molecule is O=C(N/N=C/c1cc([N+](=O)[O-])ccc1Cl)c1cnccn1. The minimum absolute atomic E-state index is 0.0970. The van der Waals surface area contributed by atoms with Gasteiger partial charge in [-0.3, -0.25) is 19.9 Å².